The number of hydrogen-bond donors (Lipinski definition) is 1. The summed E-state index contributed by atoms with van der Waals surface area (Å²) < 4.78 is 40.0. The van der Waals surface area contributed by atoms with Crippen LogP contribution < -0.4 is 19.1 Å². The second-order valence-corrected chi connectivity index (χ2v) is 12.0. The van der Waals surface area contributed by atoms with E-state index in [0.717, 1.165) is 21.9 Å². The van der Waals surface area contributed by atoms with Gasteiger partial charge in [-0.25, -0.2) is 8.42 Å². The number of methoxy groups -OCH3 is 2. The first-order valence-electron chi connectivity index (χ1n) is 14.0. The van der Waals surface area contributed by atoms with Crippen molar-refractivity contribution in [2.45, 2.75) is 64.1 Å². The largest absolute Gasteiger partial charge is 0.493 e. The van der Waals surface area contributed by atoms with Crippen molar-refractivity contribution in [3.63, 3.8) is 0 Å². The van der Waals surface area contributed by atoms with Gasteiger partial charge in [-0.15, -0.1) is 0 Å². The van der Waals surface area contributed by atoms with Gasteiger partial charge in [-0.3, -0.25) is 13.9 Å². The van der Waals surface area contributed by atoms with Crippen LogP contribution in [0.1, 0.15) is 44.7 Å². The van der Waals surface area contributed by atoms with Crippen LogP contribution in [-0.4, -0.2) is 58.0 Å². The Labute approximate surface area is 249 Å². The van der Waals surface area contributed by atoms with E-state index < -0.39 is 28.5 Å². The fourth-order valence-electron chi connectivity index (χ4n) is 4.49. The number of hydrogen-bond acceptors (Lipinski definition) is 6. The van der Waals surface area contributed by atoms with Gasteiger partial charge in [0.05, 0.1) is 24.8 Å². The molecular formula is C32H41N3O6S. The molecule has 0 spiro atoms. The SMILES string of the molecule is CC[C@H](C(=O)N[C@@H](C)CC)N(Cc1ccccc1)C(=O)CN(c1ccc(OC)c(OC)c1)S(=O)(=O)c1ccc(C)cc1. The third-order valence-electron chi connectivity index (χ3n) is 7.13. The van der Waals surface area contributed by atoms with E-state index in [9.17, 15) is 18.0 Å². The van der Waals surface area contributed by atoms with Crippen molar-refractivity contribution in [3.05, 3.63) is 83.9 Å². The Hall–Kier alpha value is -4.05. The van der Waals surface area contributed by atoms with E-state index in [4.69, 9.17) is 9.47 Å². The predicted molar refractivity (Wildman–Crippen MR) is 164 cm³/mol. The Morgan fingerprint density at radius 1 is 0.881 bits per heavy atom. The Morgan fingerprint density at radius 3 is 2.10 bits per heavy atom. The number of carbonyl (C=O) groups is 2. The van der Waals surface area contributed by atoms with Gasteiger partial charge in [0.2, 0.25) is 11.8 Å². The summed E-state index contributed by atoms with van der Waals surface area (Å²) >= 11 is 0. The van der Waals surface area contributed by atoms with Crippen LogP contribution in [0.25, 0.3) is 0 Å². The van der Waals surface area contributed by atoms with E-state index in [1.165, 1.54) is 37.3 Å². The predicted octanol–water partition coefficient (Wildman–Crippen LogP) is 4.93. The molecule has 0 radical (unpaired) electrons. The molecule has 0 fully saturated rings. The lowest BCUT2D eigenvalue weighted by molar-refractivity contribution is -0.140. The summed E-state index contributed by atoms with van der Waals surface area (Å²) in [5.74, 6) is -0.0727. The number of sulfonamides is 1. The molecule has 0 unspecified atom stereocenters. The van der Waals surface area contributed by atoms with Gasteiger partial charge < -0.3 is 19.7 Å². The summed E-state index contributed by atoms with van der Waals surface area (Å²) in [5, 5.41) is 2.98. The van der Waals surface area contributed by atoms with Crippen LogP contribution in [0.4, 0.5) is 5.69 Å². The lowest BCUT2D eigenvalue weighted by Crippen LogP contribution is -2.53. The van der Waals surface area contributed by atoms with Crippen LogP contribution in [-0.2, 0) is 26.2 Å². The molecule has 2 amide bonds. The van der Waals surface area contributed by atoms with Gasteiger partial charge in [0.15, 0.2) is 11.5 Å². The first-order chi connectivity index (χ1) is 20.0. The van der Waals surface area contributed by atoms with Gasteiger partial charge >= 0.3 is 0 Å². The molecule has 9 nitrogen and oxygen atoms in total. The summed E-state index contributed by atoms with van der Waals surface area (Å²) in [6, 6.07) is 19.5. The normalized spacial score (nSPS) is 12.6. The van der Waals surface area contributed by atoms with Gasteiger partial charge in [0.25, 0.3) is 10.0 Å². The van der Waals surface area contributed by atoms with Gasteiger partial charge in [0.1, 0.15) is 12.6 Å². The molecule has 42 heavy (non-hydrogen) atoms. The molecule has 226 valence electrons. The van der Waals surface area contributed by atoms with Crippen molar-refractivity contribution in [3.8, 4) is 11.5 Å². The first kappa shape index (κ1) is 32.5. The zero-order valence-electron chi connectivity index (χ0n) is 25.2. The smallest absolute Gasteiger partial charge is 0.264 e. The summed E-state index contributed by atoms with van der Waals surface area (Å²) in [7, 11) is -1.27. The Balaban J connectivity index is 2.10. The van der Waals surface area contributed by atoms with Crippen molar-refractivity contribution in [1.82, 2.24) is 10.2 Å². The zero-order valence-corrected chi connectivity index (χ0v) is 26.0. The molecule has 0 aliphatic heterocycles. The van der Waals surface area contributed by atoms with Gasteiger partial charge in [-0.05, 0) is 56.5 Å². The Bertz CT molecular complexity index is 1440. The molecule has 0 saturated carbocycles. The maximum atomic E-state index is 14.2. The van der Waals surface area contributed by atoms with Crippen LogP contribution in [0.5, 0.6) is 11.5 Å². The van der Waals surface area contributed by atoms with Crippen molar-refractivity contribution >= 4 is 27.5 Å². The minimum Gasteiger partial charge on any atom is -0.493 e. The summed E-state index contributed by atoms with van der Waals surface area (Å²) in [6.45, 7) is 7.17. The highest BCUT2D eigenvalue weighted by Crippen LogP contribution is 2.34. The number of anilines is 1. The molecule has 3 aromatic rings. The highest BCUT2D eigenvalue weighted by Gasteiger charge is 2.34. The van der Waals surface area contributed by atoms with E-state index in [0.29, 0.717) is 17.9 Å². The van der Waals surface area contributed by atoms with E-state index in [-0.39, 0.29) is 29.1 Å². The van der Waals surface area contributed by atoms with E-state index >= 15 is 0 Å². The molecule has 3 rings (SSSR count). The molecule has 0 saturated heterocycles. The fourth-order valence-corrected chi connectivity index (χ4v) is 5.89. The molecule has 2 atom stereocenters. The van der Waals surface area contributed by atoms with Crippen LogP contribution in [0.15, 0.2) is 77.7 Å². The van der Waals surface area contributed by atoms with Crippen molar-refractivity contribution in [2.24, 2.45) is 0 Å². The van der Waals surface area contributed by atoms with Crippen molar-refractivity contribution in [1.29, 1.82) is 0 Å². The third-order valence-corrected chi connectivity index (χ3v) is 8.91. The number of carbonyl (C=O) groups excluding carboxylic acids is 2. The number of ether oxygens (including phenoxy) is 2. The standard InChI is InChI=1S/C32H41N3O6S/c1-7-24(4)33-32(37)28(8-2)34(21-25-12-10-9-11-13-25)31(36)22-35(26-16-19-29(40-5)30(20-26)41-6)42(38,39)27-17-14-23(3)15-18-27/h9-20,24,28H,7-8,21-22H2,1-6H3,(H,33,37)/t24-,28+/m0/s1. The third kappa shape index (κ3) is 7.82. The number of nitrogens with zero attached hydrogens (tertiary/aromatic N) is 2. The molecule has 10 heteroatoms. The fraction of sp³-hybridized carbons (Fsp3) is 0.375. The van der Waals surface area contributed by atoms with E-state index in [2.05, 4.69) is 5.32 Å². The van der Waals surface area contributed by atoms with Gasteiger partial charge in [-0.1, -0.05) is 61.9 Å². The molecule has 3 aromatic carbocycles. The zero-order chi connectivity index (χ0) is 30.9. The van der Waals surface area contributed by atoms with E-state index in [1.54, 1.807) is 24.3 Å². The van der Waals surface area contributed by atoms with E-state index in [1.807, 2.05) is 58.0 Å². The summed E-state index contributed by atoms with van der Waals surface area (Å²) in [5.41, 5.74) is 1.94. The maximum absolute atomic E-state index is 14.2. The number of amides is 2. The average molecular weight is 596 g/mol. The number of rotatable bonds is 14. The monoisotopic (exact) mass is 595 g/mol. The number of aryl methyl sites for hydroxylation is 1. The van der Waals surface area contributed by atoms with Crippen LogP contribution >= 0.6 is 0 Å². The van der Waals surface area contributed by atoms with Crippen LogP contribution in [0, 0.1) is 6.92 Å². The second kappa shape index (κ2) is 14.7. The molecule has 0 heterocycles. The Morgan fingerprint density at radius 2 is 1.52 bits per heavy atom. The molecule has 1 N–H and O–H groups in total. The summed E-state index contributed by atoms with van der Waals surface area (Å²) in [4.78, 5) is 29.1. The van der Waals surface area contributed by atoms with Crippen molar-refractivity contribution in [2.75, 3.05) is 25.1 Å². The molecule has 0 bridgehead atoms. The minimum atomic E-state index is -4.20. The molecule has 0 aliphatic rings. The van der Waals surface area contributed by atoms with Crippen LogP contribution in [0.2, 0.25) is 0 Å². The molecule has 0 aromatic heterocycles. The lowest BCUT2D eigenvalue weighted by atomic mass is 10.1. The number of nitrogens with one attached hydrogen (secondary N) is 1. The summed E-state index contributed by atoms with van der Waals surface area (Å²) in [6.07, 6.45) is 1.08. The highest BCUT2D eigenvalue weighted by molar-refractivity contribution is 7.92. The molecule has 0 aliphatic carbocycles. The first-order valence-corrected chi connectivity index (χ1v) is 15.4. The second-order valence-electron chi connectivity index (χ2n) is 10.1. The van der Waals surface area contributed by atoms with Gasteiger partial charge in [0, 0.05) is 18.7 Å². The number of benzene rings is 3. The average Bonchev–Trinajstić information content (AvgIpc) is 2.99. The maximum Gasteiger partial charge on any atom is 0.264 e. The van der Waals surface area contributed by atoms with Crippen LogP contribution in [0.3, 0.4) is 0 Å². The van der Waals surface area contributed by atoms with Gasteiger partial charge in [-0.2, -0.15) is 0 Å². The van der Waals surface area contributed by atoms with Crippen molar-refractivity contribution < 1.29 is 27.5 Å². The minimum absolute atomic E-state index is 0.0341. The highest BCUT2D eigenvalue weighted by atomic mass is 32.2. The molecular weight excluding hydrogens is 554 g/mol. The lowest BCUT2D eigenvalue weighted by Gasteiger charge is -2.33. The Kier molecular flexibility index (Phi) is 11.4. The topological polar surface area (TPSA) is 105 Å². The quantitative estimate of drug-likeness (QED) is 0.283.